The van der Waals surface area contributed by atoms with Crippen LogP contribution in [0.4, 0.5) is 5.69 Å². The fourth-order valence-electron chi connectivity index (χ4n) is 1.14. The van der Waals surface area contributed by atoms with Gasteiger partial charge in [-0.05, 0) is 19.1 Å². The highest BCUT2D eigenvalue weighted by molar-refractivity contribution is 7.91. The molecule has 1 N–H and O–H groups in total. The van der Waals surface area contributed by atoms with Crippen LogP contribution in [0, 0.1) is 6.92 Å². The summed E-state index contributed by atoms with van der Waals surface area (Å²) >= 11 is 0. The molecule has 0 amide bonds. The first kappa shape index (κ1) is 10.6. The summed E-state index contributed by atoms with van der Waals surface area (Å²) in [5.41, 5.74) is 1.53. The van der Waals surface area contributed by atoms with Gasteiger partial charge in [0.25, 0.3) is 0 Å². The molecule has 0 aliphatic carbocycles. The number of aromatic nitrogens is 3. The van der Waals surface area contributed by atoms with Crippen LogP contribution in [-0.4, -0.2) is 22.8 Å². The summed E-state index contributed by atoms with van der Waals surface area (Å²) < 4.78 is 26.3. The Morgan fingerprint density at radius 3 is 2.25 bits per heavy atom. The summed E-state index contributed by atoms with van der Waals surface area (Å²) in [7, 11) is -3.74. The molecule has 0 unspecified atom stereocenters. The van der Waals surface area contributed by atoms with Crippen LogP contribution < -0.4 is 4.72 Å². The van der Waals surface area contributed by atoms with E-state index in [9.17, 15) is 8.42 Å². The Morgan fingerprint density at radius 1 is 1.12 bits per heavy atom. The zero-order valence-corrected chi connectivity index (χ0v) is 9.35. The molecule has 0 atom stereocenters. The fourth-order valence-corrected chi connectivity index (χ4v) is 2.01. The minimum atomic E-state index is -3.74. The van der Waals surface area contributed by atoms with Gasteiger partial charge in [0, 0.05) is 0 Å². The van der Waals surface area contributed by atoms with Gasteiger partial charge in [-0.3, -0.25) is 4.72 Å². The molecule has 2 aromatic rings. The molecule has 0 saturated heterocycles. The minimum Gasteiger partial charge on any atom is -0.264 e. The number of rotatable bonds is 3. The summed E-state index contributed by atoms with van der Waals surface area (Å²) in [5.74, 6) is 0. The molecule has 1 heterocycles. The first-order valence-corrected chi connectivity index (χ1v) is 5.98. The maximum absolute atomic E-state index is 11.7. The van der Waals surface area contributed by atoms with Crippen LogP contribution in [0.25, 0.3) is 0 Å². The van der Waals surface area contributed by atoms with Crippen LogP contribution in [0.15, 0.2) is 36.7 Å². The van der Waals surface area contributed by atoms with E-state index in [-0.39, 0.29) is 0 Å². The van der Waals surface area contributed by atoms with Crippen LogP contribution in [0.3, 0.4) is 0 Å². The lowest BCUT2D eigenvalue weighted by atomic mass is 10.2. The smallest absolute Gasteiger partial charge is 0.264 e. The molecular formula is C9H10N4O2S. The zero-order chi connectivity index (χ0) is 11.6. The number of anilines is 1. The number of nitrogens with zero attached hydrogens (tertiary/aromatic N) is 3. The normalized spacial score (nSPS) is 11.3. The quantitative estimate of drug-likeness (QED) is 0.857. The number of hydrogen-bond acceptors (Lipinski definition) is 4. The van der Waals surface area contributed by atoms with Crippen LogP contribution in [-0.2, 0) is 10.2 Å². The van der Waals surface area contributed by atoms with Gasteiger partial charge in [0.05, 0.1) is 18.1 Å². The van der Waals surface area contributed by atoms with Crippen LogP contribution in [0.5, 0.6) is 0 Å². The highest BCUT2D eigenvalue weighted by Crippen LogP contribution is 2.10. The molecule has 0 aliphatic rings. The first-order valence-electron chi connectivity index (χ1n) is 4.54. The van der Waals surface area contributed by atoms with Crippen molar-refractivity contribution in [1.82, 2.24) is 14.4 Å². The van der Waals surface area contributed by atoms with Crippen molar-refractivity contribution >= 4 is 15.9 Å². The minimum absolute atomic E-state index is 0.475. The van der Waals surface area contributed by atoms with E-state index in [1.54, 1.807) is 12.1 Å². The lowest BCUT2D eigenvalue weighted by molar-refractivity contribution is 0.574. The van der Waals surface area contributed by atoms with Crippen molar-refractivity contribution in [1.29, 1.82) is 0 Å². The van der Waals surface area contributed by atoms with Crippen molar-refractivity contribution in [3.05, 3.63) is 42.2 Å². The standard InChI is InChI=1S/C9H10N4O2S/c1-8-2-4-9(5-3-8)12-16(14,15)13-10-6-7-11-13/h2-7,12H,1H3. The van der Waals surface area contributed by atoms with E-state index in [1.807, 2.05) is 19.1 Å². The van der Waals surface area contributed by atoms with Crippen molar-refractivity contribution in [2.75, 3.05) is 4.72 Å². The van der Waals surface area contributed by atoms with Crippen molar-refractivity contribution in [2.45, 2.75) is 6.92 Å². The van der Waals surface area contributed by atoms with Gasteiger partial charge < -0.3 is 0 Å². The van der Waals surface area contributed by atoms with Gasteiger partial charge >= 0.3 is 10.2 Å². The van der Waals surface area contributed by atoms with Crippen LogP contribution >= 0.6 is 0 Å². The van der Waals surface area contributed by atoms with E-state index >= 15 is 0 Å². The summed E-state index contributed by atoms with van der Waals surface area (Å²) in [6.45, 7) is 1.92. The Morgan fingerprint density at radius 2 is 1.69 bits per heavy atom. The summed E-state index contributed by atoms with van der Waals surface area (Å²) in [6.07, 6.45) is 2.60. The molecule has 0 radical (unpaired) electrons. The monoisotopic (exact) mass is 238 g/mol. The predicted octanol–water partition coefficient (Wildman–Crippen LogP) is 0.792. The Labute approximate surface area is 93.1 Å². The predicted molar refractivity (Wildman–Crippen MR) is 59.1 cm³/mol. The summed E-state index contributed by atoms with van der Waals surface area (Å²) in [6, 6.07) is 6.98. The van der Waals surface area contributed by atoms with Gasteiger partial charge in [-0.15, -0.1) is 10.2 Å². The Kier molecular flexibility index (Phi) is 2.61. The second-order valence-corrected chi connectivity index (χ2v) is 4.71. The molecule has 0 spiro atoms. The third-order valence-electron chi connectivity index (χ3n) is 1.91. The largest absolute Gasteiger partial charge is 0.359 e. The van der Waals surface area contributed by atoms with Crippen molar-refractivity contribution < 1.29 is 8.42 Å². The number of nitrogens with one attached hydrogen (secondary N) is 1. The molecule has 0 aliphatic heterocycles. The molecule has 84 valence electrons. The SMILES string of the molecule is Cc1ccc(NS(=O)(=O)n2nccn2)cc1. The van der Waals surface area contributed by atoms with Gasteiger partial charge in [0.1, 0.15) is 0 Å². The van der Waals surface area contributed by atoms with Gasteiger partial charge in [0.2, 0.25) is 0 Å². The lowest BCUT2D eigenvalue weighted by Crippen LogP contribution is -2.23. The second kappa shape index (κ2) is 3.93. The highest BCUT2D eigenvalue weighted by atomic mass is 32.2. The van der Waals surface area contributed by atoms with E-state index in [0.717, 1.165) is 5.56 Å². The molecule has 1 aromatic heterocycles. The van der Waals surface area contributed by atoms with Gasteiger partial charge in [-0.25, -0.2) is 0 Å². The second-order valence-electron chi connectivity index (χ2n) is 3.22. The average molecular weight is 238 g/mol. The Hall–Kier alpha value is -1.89. The Balaban J connectivity index is 2.25. The maximum atomic E-state index is 11.7. The molecule has 0 fully saturated rings. The van der Waals surface area contributed by atoms with Gasteiger partial charge in [-0.1, -0.05) is 21.9 Å². The lowest BCUT2D eigenvalue weighted by Gasteiger charge is -2.06. The maximum Gasteiger partial charge on any atom is 0.359 e. The number of benzene rings is 1. The molecule has 6 nitrogen and oxygen atoms in total. The van der Waals surface area contributed by atoms with E-state index in [0.29, 0.717) is 9.89 Å². The summed E-state index contributed by atoms with van der Waals surface area (Å²) in [5, 5.41) is 7.11. The molecular weight excluding hydrogens is 228 g/mol. The van der Waals surface area contributed by atoms with Gasteiger partial charge in [-0.2, -0.15) is 8.42 Å². The van der Waals surface area contributed by atoms with E-state index in [1.165, 1.54) is 12.4 Å². The van der Waals surface area contributed by atoms with Crippen LogP contribution in [0.2, 0.25) is 0 Å². The molecule has 7 heteroatoms. The summed E-state index contributed by atoms with van der Waals surface area (Å²) in [4.78, 5) is 0. The van der Waals surface area contributed by atoms with Crippen molar-refractivity contribution in [3.8, 4) is 0 Å². The highest BCUT2D eigenvalue weighted by Gasteiger charge is 2.13. The fraction of sp³-hybridized carbons (Fsp3) is 0.111. The molecule has 1 aromatic carbocycles. The molecule has 0 bridgehead atoms. The van der Waals surface area contributed by atoms with Crippen molar-refractivity contribution in [3.63, 3.8) is 0 Å². The van der Waals surface area contributed by atoms with Crippen molar-refractivity contribution in [2.24, 2.45) is 0 Å². The van der Waals surface area contributed by atoms with E-state index < -0.39 is 10.2 Å². The zero-order valence-electron chi connectivity index (χ0n) is 8.53. The topological polar surface area (TPSA) is 76.9 Å². The number of aryl methyl sites for hydroxylation is 1. The average Bonchev–Trinajstić information content (AvgIpc) is 2.75. The van der Waals surface area contributed by atoms with E-state index in [2.05, 4.69) is 14.9 Å². The Bertz CT molecular complexity index is 560. The molecule has 16 heavy (non-hydrogen) atoms. The third kappa shape index (κ3) is 2.19. The van der Waals surface area contributed by atoms with E-state index in [4.69, 9.17) is 0 Å². The number of hydrogen-bond donors (Lipinski definition) is 1. The molecule has 2 rings (SSSR count). The van der Waals surface area contributed by atoms with Gasteiger partial charge in [0.15, 0.2) is 0 Å². The third-order valence-corrected chi connectivity index (χ3v) is 3.02. The molecule has 0 saturated carbocycles. The first-order chi connectivity index (χ1) is 7.58. The van der Waals surface area contributed by atoms with Crippen LogP contribution in [0.1, 0.15) is 5.56 Å².